The minimum absolute atomic E-state index is 0. The maximum Gasteiger partial charge on any atom is 0.281 e. The van der Waals surface area contributed by atoms with E-state index in [1.807, 2.05) is 24.3 Å². The molecular weight excluding hydrogens is 611 g/mol. The van der Waals surface area contributed by atoms with Crippen molar-refractivity contribution < 1.29 is 13.5 Å². The summed E-state index contributed by atoms with van der Waals surface area (Å²) in [6.45, 7) is 2.29. The second-order valence-electron chi connectivity index (χ2n) is 10.3. The number of sulfone groups is 1. The topological polar surface area (TPSA) is 136 Å². The number of nitrogens with two attached hydrogens (primary N) is 1. The van der Waals surface area contributed by atoms with Crippen molar-refractivity contribution in [1.29, 1.82) is 0 Å². The summed E-state index contributed by atoms with van der Waals surface area (Å²) in [5, 5.41) is 16.2. The largest absolute Gasteiger partial charge is 0.388 e. The van der Waals surface area contributed by atoms with Gasteiger partial charge >= 0.3 is 0 Å². The monoisotopic (exact) mass is 642 g/mol. The zero-order valence-corrected chi connectivity index (χ0v) is 25.9. The van der Waals surface area contributed by atoms with E-state index in [9.17, 15) is 18.3 Å². The van der Waals surface area contributed by atoms with Crippen LogP contribution in [0.5, 0.6) is 0 Å². The number of halogens is 3. The molecule has 1 saturated heterocycles. The normalized spacial score (nSPS) is 15.3. The minimum atomic E-state index is -3.33. The van der Waals surface area contributed by atoms with Crippen molar-refractivity contribution in [2.75, 3.05) is 19.3 Å². The van der Waals surface area contributed by atoms with Crippen LogP contribution in [-0.2, 0) is 36.5 Å². The molecule has 2 aromatic carbocycles. The third kappa shape index (κ3) is 6.94. The van der Waals surface area contributed by atoms with Crippen LogP contribution in [0.15, 0.2) is 58.5 Å². The van der Waals surface area contributed by atoms with Crippen LogP contribution in [0.4, 0.5) is 0 Å². The summed E-state index contributed by atoms with van der Waals surface area (Å²) >= 11 is 6.35. The molecule has 4 aromatic rings. The first-order valence-corrected chi connectivity index (χ1v) is 14.9. The highest BCUT2D eigenvalue weighted by Gasteiger charge is 2.33. The second kappa shape index (κ2) is 12.8. The average Bonchev–Trinajstić information content (AvgIpc) is 3.24. The molecule has 0 atom stereocenters. The molecule has 1 fully saturated rings. The number of aryl methyl sites for hydroxylation is 1. The van der Waals surface area contributed by atoms with Crippen molar-refractivity contribution >= 4 is 57.3 Å². The predicted octanol–water partition coefficient (Wildman–Crippen LogP) is 3.18. The van der Waals surface area contributed by atoms with E-state index in [4.69, 9.17) is 17.3 Å². The first kappa shape index (κ1) is 33.0. The molecule has 1 aliphatic heterocycles. The predicted molar refractivity (Wildman–Crippen MR) is 165 cm³/mol. The summed E-state index contributed by atoms with van der Waals surface area (Å²) in [6.07, 6.45) is 3.54. The smallest absolute Gasteiger partial charge is 0.281 e. The number of hydrogen-bond donors (Lipinski definition) is 2. The van der Waals surface area contributed by atoms with E-state index >= 15 is 0 Å². The second-order valence-corrected chi connectivity index (χ2v) is 12.7. The molecule has 14 heteroatoms. The van der Waals surface area contributed by atoms with Crippen molar-refractivity contribution in [3.05, 3.63) is 75.3 Å². The van der Waals surface area contributed by atoms with E-state index in [2.05, 4.69) is 15.0 Å². The summed E-state index contributed by atoms with van der Waals surface area (Å²) < 4.78 is 26.6. The van der Waals surface area contributed by atoms with Gasteiger partial charge in [0.2, 0.25) is 0 Å². The van der Waals surface area contributed by atoms with Crippen molar-refractivity contribution in [2.45, 2.75) is 43.0 Å². The zero-order valence-electron chi connectivity index (χ0n) is 22.7. The molecular formula is C27H33Cl3N6O4S. The molecule has 0 aliphatic carbocycles. The quantitative estimate of drug-likeness (QED) is 0.314. The number of aliphatic hydroxyl groups is 1. The fraction of sp³-hybridized carbons (Fsp3) is 0.370. The first-order chi connectivity index (χ1) is 18.5. The maximum atomic E-state index is 13.3. The Labute approximate surface area is 255 Å². The Hall–Kier alpha value is -2.51. The van der Waals surface area contributed by atoms with Gasteiger partial charge in [0.25, 0.3) is 5.56 Å². The highest BCUT2D eigenvalue weighted by atomic mass is 35.5. The number of nitrogens with zero attached hydrogens (tertiary/aromatic N) is 5. The summed E-state index contributed by atoms with van der Waals surface area (Å²) in [5.74, 6) is 0. The first-order valence-electron chi connectivity index (χ1n) is 12.6. The summed E-state index contributed by atoms with van der Waals surface area (Å²) in [4.78, 5) is 20.2. The van der Waals surface area contributed by atoms with Gasteiger partial charge in [0.15, 0.2) is 15.4 Å². The summed E-state index contributed by atoms with van der Waals surface area (Å²) in [6, 6.07) is 12.5. The molecule has 3 N–H and O–H groups in total. The Morgan fingerprint density at radius 3 is 2.32 bits per heavy atom. The molecule has 0 radical (unpaired) electrons. The van der Waals surface area contributed by atoms with Gasteiger partial charge in [0, 0.05) is 50.1 Å². The fourth-order valence-corrected chi connectivity index (χ4v) is 6.01. The third-order valence-corrected chi connectivity index (χ3v) is 8.84. The van der Waals surface area contributed by atoms with Crippen LogP contribution in [-0.4, -0.2) is 62.7 Å². The SMILES string of the molecule is Cl.Cl.Cn1nc2c(=O)n(CC3(O)CCN(Cc4ccc(S(C)(=O)=O)cc4Cl)CC3)cnc2c1-c1ccc(CN)cc1. The lowest BCUT2D eigenvalue weighted by Gasteiger charge is -2.38. The highest BCUT2D eigenvalue weighted by Crippen LogP contribution is 2.29. The Bertz CT molecular complexity index is 1700. The third-order valence-electron chi connectivity index (χ3n) is 7.37. The number of likely N-dealkylation sites (tertiary alicyclic amines) is 1. The van der Waals surface area contributed by atoms with E-state index in [0.717, 1.165) is 28.6 Å². The molecule has 0 spiro atoms. The standard InChI is InChI=1S/C27H31ClN6O4S.2ClH/c1-32-25(19-5-3-18(14-29)4-6-19)23-24(31-32)26(35)34(17-30-23)16-27(36)9-11-33(12-10-27)15-20-7-8-21(13-22(20)28)39(2,37)38;;/h3-8,13,17,36H,9-12,14-16,29H2,1-2H3;2*1H. The van der Waals surface area contributed by atoms with Gasteiger partial charge in [-0.15, -0.1) is 24.8 Å². The van der Waals surface area contributed by atoms with E-state index < -0.39 is 15.4 Å². The Balaban J connectivity index is 0.00000231. The number of benzene rings is 2. The molecule has 10 nitrogen and oxygen atoms in total. The fourth-order valence-electron chi connectivity index (χ4n) is 5.06. The van der Waals surface area contributed by atoms with Crippen LogP contribution in [0, 0.1) is 0 Å². The molecule has 41 heavy (non-hydrogen) atoms. The number of fused-ring (bicyclic) bond motifs is 1. The molecule has 2 aromatic heterocycles. The average molecular weight is 644 g/mol. The number of hydrogen-bond acceptors (Lipinski definition) is 8. The van der Waals surface area contributed by atoms with Crippen molar-refractivity contribution in [1.82, 2.24) is 24.2 Å². The Kier molecular flexibility index (Phi) is 10.3. The van der Waals surface area contributed by atoms with Crippen LogP contribution < -0.4 is 11.3 Å². The highest BCUT2D eigenvalue weighted by molar-refractivity contribution is 7.90. The van der Waals surface area contributed by atoms with E-state index in [1.165, 1.54) is 17.0 Å². The Morgan fingerprint density at radius 1 is 1.07 bits per heavy atom. The maximum absolute atomic E-state index is 13.3. The molecule has 0 saturated carbocycles. The van der Waals surface area contributed by atoms with Crippen molar-refractivity contribution in [3.8, 4) is 11.3 Å². The van der Waals surface area contributed by atoms with Crippen molar-refractivity contribution in [3.63, 3.8) is 0 Å². The number of aromatic nitrogens is 4. The van der Waals surface area contributed by atoms with Gasteiger partial charge in [-0.05, 0) is 36.1 Å². The van der Waals surface area contributed by atoms with Gasteiger partial charge in [-0.3, -0.25) is 18.9 Å². The number of rotatable bonds is 7. The number of piperidine rings is 1. The Morgan fingerprint density at radius 2 is 1.73 bits per heavy atom. The van der Waals surface area contributed by atoms with E-state index in [1.54, 1.807) is 23.9 Å². The van der Waals surface area contributed by atoms with Crippen LogP contribution in [0.3, 0.4) is 0 Å². The summed E-state index contributed by atoms with van der Waals surface area (Å²) in [5.41, 5.74) is 8.57. The lowest BCUT2D eigenvalue weighted by molar-refractivity contribution is -0.0364. The molecule has 0 amide bonds. The lowest BCUT2D eigenvalue weighted by atomic mass is 9.91. The molecule has 5 rings (SSSR count). The molecule has 222 valence electrons. The lowest BCUT2D eigenvalue weighted by Crippen LogP contribution is -2.47. The van der Waals surface area contributed by atoms with Crippen LogP contribution in [0.25, 0.3) is 22.3 Å². The van der Waals surface area contributed by atoms with Crippen LogP contribution >= 0.6 is 36.4 Å². The van der Waals surface area contributed by atoms with Gasteiger partial charge in [0.05, 0.1) is 29.1 Å². The van der Waals surface area contributed by atoms with Gasteiger partial charge in [0.1, 0.15) is 5.52 Å². The minimum Gasteiger partial charge on any atom is -0.388 e. The van der Waals surface area contributed by atoms with Crippen LogP contribution in [0.1, 0.15) is 24.0 Å². The molecule has 0 unspecified atom stereocenters. The van der Waals surface area contributed by atoms with Gasteiger partial charge in [-0.25, -0.2) is 13.4 Å². The molecule has 1 aliphatic rings. The molecule has 0 bridgehead atoms. The zero-order chi connectivity index (χ0) is 27.9. The van der Waals surface area contributed by atoms with Gasteiger partial charge in [-0.1, -0.05) is 41.9 Å². The van der Waals surface area contributed by atoms with E-state index in [0.29, 0.717) is 49.6 Å². The van der Waals surface area contributed by atoms with Gasteiger partial charge in [-0.2, -0.15) is 5.10 Å². The van der Waals surface area contributed by atoms with E-state index in [-0.39, 0.29) is 47.3 Å². The van der Waals surface area contributed by atoms with Gasteiger partial charge < -0.3 is 10.8 Å². The molecule has 3 heterocycles. The summed E-state index contributed by atoms with van der Waals surface area (Å²) in [7, 11) is -1.55. The van der Waals surface area contributed by atoms with Crippen LogP contribution in [0.2, 0.25) is 5.02 Å². The van der Waals surface area contributed by atoms with Crippen molar-refractivity contribution in [2.24, 2.45) is 12.8 Å².